The summed E-state index contributed by atoms with van der Waals surface area (Å²) >= 11 is 0. The summed E-state index contributed by atoms with van der Waals surface area (Å²) in [5.74, 6) is 1.05. The minimum atomic E-state index is 0.0155. The Labute approximate surface area is 201 Å². The van der Waals surface area contributed by atoms with Crippen LogP contribution in [-0.2, 0) is 17.8 Å². The number of aryl methyl sites for hydroxylation is 2. The van der Waals surface area contributed by atoms with Crippen molar-refractivity contribution in [3.05, 3.63) is 70.5 Å². The smallest absolute Gasteiger partial charge is 0.238 e. The van der Waals surface area contributed by atoms with E-state index in [1.807, 2.05) is 18.5 Å². The zero-order valence-corrected chi connectivity index (χ0v) is 20.3. The van der Waals surface area contributed by atoms with E-state index in [-0.39, 0.29) is 5.91 Å². The maximum atomic E-state index is 12.8. The molecule has 0 spiro atoms. The molecule has 1 amide bonds. The summed E-state index contributed by atoms with van der Waals surface area (Å²) in [4.78, 5) is 17.5. The van der Waals surface area contributed by atoms with Crippen molar-refractivity contribution in [2.24, 2.45) is 0 Å². The van der Waals surface area contributed by atoms with Crippen molar-refractivity contribution in [3.63, 3.8) is 0 Å². The molecule has 0 saturated carbocycles. The van der Waals surface area contributed by atoms with Crippen LogP contribution in [0, 0.1) is 20.8 Å². The molecule has 7 heteroatoms. The number of carbonyl (C=O) groups is 1. The molecule has 5 rings (SSSR count). The Kier molecular flexibility index (Phi) is 6.39. The maximum absolute atomic E-state index is 12.8. The summed E-state index contributed by atoms with van der Waals surface area (Å²) in [7, 11) is 0. The molecule has 2 aliphatic heterocycles. The van der Waals surface area contributed by atoms with Gasteiger partial charge in [0.05, 0.1) is 35.9 Å². The van der Waals surface area contributed by atoms with Gasteiger partial charge in [0.1, 0.15) is 5.75 Å². The molecule has 1 saturated heterocycles. The van der Waals surface area contributed by atoms with Gasteiger partial charge in [-0.1, -0.05) is 29.8 Å². The van der Waals surface area contributed by atoms with Crippen molar-refractivity contribution < 1.29 is 9.53 Å². The number of nitrogens with zero attached hydrogens (tertiary/aromatic N) is 4. The Balaban J connectivity index is 1.14. The number of nitrogens with one attached hydrogen (secondary N) is 1. The summed E-state index contributed by atoms with van der Waals surface area (Å²) in [6.45, 7) is 11.9. The van der Waals surface area contributed by atoms with Gasteiger partial charge in [0.15, 0.2) is 0 Å². The molecular weight excluding hydrogens is 426 g/mol. The average Bonchev–Trinajstić information content (AvgIpc) is 3.40. The first-order valence-corrected chi connectivity index (χ1v) is 12.1. The number of aromatic nitrogens is 2. The molecule has 0 aliphatic carbocycles. The van der Waals surface area contributed by atoms with Crippen LogP contribution in [0.5, 0.6) is 5.75 Å². The monoisotopic (exact) mass is 459 g/mol. The van der Waals surface area contributed by atoms with E-state index in [0.717, 1.165) is 74.3 Å². The molecule has 0 unspecified atom stereocenters. The summed E-state index contributed by atoms with van der Waals surface area (Å²) in [5, 5.41) is 7.77. The van der Waals surface area contributed by atoms with Crippen LogP contribution < -0.4 is 10.1 Å². The van der Waals surface area contributed by atoms with Crippen LogP contribution in [0.2, 0.25) is 0 Å². The number of amides is 1. The van der Waals surface area contributed by atoms with Gasteiger partial charge >= 0.3 is 0 Å². The first-order valence-electron chi connectivity index (χ1n) is 12.1. The number of carbonyl (C=O) groups excluding carboxylic acids is 1. The number of piperazine rings is 1. The van der Waals surface area contributed by atoms with E-state index >= 15 is 0 Å². The van der Waals surface area contributed by atoms with Crippen LogP contribution in [0.1, 0.15) is 28.1 Å². The fourth-order valence-corrected chi connectivity index (χ4v) is 4.84. The lowest BCUT2D eigenvalue weighted by Crippen LogP contribution is -2.48. The molecule has 1 N–H and O–H groups in total. The number of ether oxygens (including phenoxy) is 1. The van der Waals surface area contributed by atoms with E-state index in [0.29, 0.717) is 6.54 Å². The quantitative estimate of drug-likeness (QED) is 0.612. The van der Waals surface area contributed by atoms with Gasteiger partial charge in [-0.05, 0) is 50.1 Å². The Hall–Kier alpha value is -3.16. The van der Waals surface area contributed by atoms with Crippen LogP contribution >= 0.6 is 0 Å². The lowest BCUT2D eigenvalue weighted by molar-refractivity contribution is -0.117. The molecule has 0 bridgehead atoms. The SMILES string of the molecule is Cc1ccc(-n2nc(C)c(NC(=O)CN3CCN(Cc4ccc5c(c4)CCO5)CC3)c2C)cc1. The Morgan fingerprint density at radius 2 is 1.74 bits per heavy atom. The molecular formula is C27H33N5O2. The van der Waals surface area contributed by atoms with Crippen LogP contribution in [0.15, 0.2) is 42.5 Å². The highest BCUT2D eigenvalue weighted by Crippen LogP contribution is 2.27. The van der Waals surface area contributed by atoms with Crippen molar-refractivity contribution in [1.82, 2.24) is 19.6 Å². The Bertz CT molecular complexity index is 1180. The van der Waals surface area contributed by atoms with Gasteiger partial charge in [0.2, 0.25) is 5.91 Å². The summed E-state index contributed by atoms with van der Waals surface area (Å²) in [6.07, 6.45) is 1.01. The maximum Gasteiger partial charge on any atom is 0.238 e. The van der Waals surface area contributed by atoms with Gasteiger partial charge in [-0.15, -0.1) is 0 Å². The average molecular weight is 460 g/mol. The fourth-order valence-electron chi connectivity index (χ4n) is 4.84. The van der Waals surface area contributed by atoms with Gasteiger partial charge in [-0.25, -0.2) is 4.68 Å². The van der Waals surface area contributed by atoms with Gasteiger partial charge in [0, 0.05) is 39.1 Å². The highest BCUT2D eigenvalue weighted by atomic mass is 16.5. The highest BCUT2D eigenvalue weighted by Gasteiger charge is 2.22. The normalized spacial score (nSPS) is 16.3. The van der Waals surface area contributed by atoms with Crippen LogP contribution in [0.25, 0.3) is 5.69 Å². The van der Waals surface area contributed by atoms with E-state index in [2.05, 4.69) is 69.6 Å². The van der Waals surface area contributed by atoms with Crippen LogP contribution in [0.3, 0.4) is 0 Å². The zero-order chi connectivity index (χ0) is 23.7. The standard InChI is InChI=1S/C27H33N5O2/c1-19-4-7-24(8-5-19)32-21(3)27(20(2)29-32)28-26(33)18-31-13-11-30(12-14-31)17-22-6-9-25-23(16-22)10-15-34-25/h4-9,16H,10-15,17-18H2,1-3H3,(H,28,33). The van der Waals surface area contributed by atoms with Crippen LogP contribution in [0.4, 0.5) is 5.69 Å². The van der Waals surface area contributed by atoms with E-state index in [1.165, 1.54) is 16.7 Å². The molecule has 3 aromatic rings. The predicted octanol–water partition coefficient (Wildman–Crippen LogP) is 3.49. The van der Waals surface area contributed by atoms with E-state index in [9.17, 15) is 4.79 Å². The van der Waals surface area contributed by atoms with E-state index in [4.69, 9.17) is 4.74 Å². The number of fused-ring (bicyclic) bond motifs is 1. The van der Waals surface area contributed by atoms with Crippen molar-refractivity contribution in [2.45, 2.75) is 33.7 Å². The molecule has 2 aliphatic rings. The Morgan fingerprint density at radius 1 is 1.00 bits per heavy atom. The Morgan fingerprint density at radius 3 is 2.50 bits per heavy atom. The first-order chi connectivity index (χ1) is 16.5. The number of rotatable bonds is 6. The second kappa shape index (κ2) is 9.60. The number of hydrogen-bond acceptors (Lipinski definition) is 5. The molecule has 1 fully saturated rings. The summed E-state index contributed by atoms with van der Waals surface area (Å²) in [5.41, 5.74) is 7.45. The van der Waals surface area contributed by atoms with E-state index in [1.54, 1.807) is 0 Å². The molecule has 0 radical (unpaired) electrons. The van der Waals surface area contributed by atoms with Gasteiger partial charge < -0.3 is 10.1 Å². The van der Waals surface area contributed by atoms with Crippen LogP contribution in [-0.4, -0.2) is 64.8 Å². The van der Waals surface area contributed by atoms with Crippen molar-refractivity contribution in [3.8, 4) is 11.4 Å². The topological polar surface area (TPSA) is 62.6 Å². The molecule has 2 aromatic carbocycles. The van der Waals surface area contributed by atoms with Gasteiger partial charge in [0.25, 0.3) is 0 Å². The van der Waals surface area contributed by atoms with Crippen molar-refractivity contribution >= 4 is 11.6 Å². The second-order valence-electron chi connectivity index (χ2n) is 9.43. The zero-order valence-electron chi connectivity index (χ0n) is 20.3. The third kappa shape index (κ3) is 4.86. The lowest BCUT2D eigenvalue weighted by atomic mass is 10.1. The molecule has 3 heterocycles. The van der Waals surface area contributed by atoms with Crippen molar-refractivity contribution in [1.29, 1.82) is 0 Å². The summed E-state index contributed by atoms with van der Waals surface area (Å²) < 4.78 is 7.51. The minimum Gasteiger partial charge on any atom is -0.493 e. The third-order valence-electron chi connectivity index (χ3n) is 6.83. The number of anilines is 1. The second-order valence-corrected chi connectivity index (χ2v) is 9.43. The fraction of sp³-hybridized carbons (Fsp3) is 0.407. The van der Waals surface area contributed by atoms with Gasteiger partial charge in [-0.3, -0.25) is 14.6 Å². The number of benzene rings is 2. The first kappa shape index (κ1) is 22.6. The predicted molar refractivity (Wildman–Crippen MR) is 134 cm³/mol. The van der Waals surface area contributed by atoms with Gasteiger partial charge in [-0.2, -0.15) is 5.10 Å². The molecule has 7 nitrogen and oxygen atoms in total. The van der Waals surface area contributed by atoms with Crippen molar-refractivity contribution in [2.75, 3.05) is 44.6 Å². The number of hydrogen-bond donors (Lipinski definition) is 1. The highest BCUT2D eigenvalue weighted by molar-refractivity contribution is 5.93. The summed E-state index contributed by atoms with van der Waals surface area (Å²) in [6, 6.07) is 14.8. The van der Waals surface area contributed by atoms with E-state index < -0.39 is 0 Å². The molecule has 178 valence electrons. The largest absolute Gasteiger partial charge is 0.493 e. The lowest BCUT2D eigenvalue weighted by Gasteiger charge is -2.34. The minimum absolute atomic E-state index is 0.0155. The molecule has 34 heavy (non-hydrogen) atoms. The third-order valence-corrected chi connectivity index (χ3v) is 6.83. The molecule has 0 atom stereocenters. The molecule has 1 aromatic heterocycles.